The molecule has 2 aliphatic heterocycles. The van der Waals surface area contributed by atoms with E-state index < -0.39 is 0 Å². The van der Waals surface area contributed by atoms with E-state index in [2.05, 4.69) is 17.1 Å². The van der Waals surface area contributed by atoms with Crippen LogP contribution >= 0.6 is 0 Å². The molecule has 3 rings (SSSR count). The van der Waals surface area contributed by atoms with E-state index in [9.17, 15) is 9.59 Å². The fourth-order valence-electron chi connectivity index (χ4n) is 3.93. The first-order valence-corrected chi connectivity index (χ1v) is 9.43. The third-order valence-electron chi connectivity index (χ3n) is 5.62. The average molecular weight is 347 g/mol. The van der Waals surface area contributed by atoms with Crippen molar-refractivity contribution in [3.05, 3.63) is 12.2 Å². The summed E-state index contributed by atoms with van der Waals surface area (Å²) in [6, 6.07) is -0.321. The Morgan fingerprint density at radius 1 is 1.36 bits per heavy atom. The summed E-state index contributed by atoms with van der Waals surface area (Å²) in [5.41, 5.74) is 0. The van der Waals surface area contributed by atoms with Gasteiger partial charge in [-0.3, -0.25) is 9.59 Å². The van der Waals surface area contributed by atoms with Gasteiger partial charge in [-0.2, -0.15) is 0 Å². The molecule has 0 radical (unpaired) electrons. The minimum absolute atomic E-state index is 0.0856. The number of hydrogen-bond donors (Lipinski definition) is 0. The molecular formula is C18H29N5O2. The zero-order chi connectivity index (χ0) is 18.0. The number of hydrogen-bond acceptors (Lipinski definition) is 4. The maximum Gasteiger partial charge on any atom is 0.245 e. The number of nitrogens with zero attached hydrogens (tertiary/aromatic N) is 5. The van der Waals surface area contributed by atoms with Crippen LogP contribution in [0.4, 0.5) is 0 Å². The van der Waals surface area contributed by atoms with Crippen molar-refractivity contribution in [2.24, 2.45) is 13.0 Å². The molecule has 0 spiro atoms. The summed E-state index contributed by atoms with van der Waals surface area (Å²) < 4.78 is 1.91. The van der Waals surface area contributed by atoms with Gasteiger partial charge in [-0.05, 0) is 25.2 Å². The van der Waals surface area contributed by atoms with Crippen LogP contribution in [-0.2, 0) is 16.6 Å². The minimum atomic E-state index is -0.321. The van der Waals surface area contributed by atoms with E-state index in [0.29, 0.717) is 38.4 Å². The Morgan fingerprint density at radius 2 is 2.12 bits per heavy atom. The summed E-state index contributed by atoms with van der Waals surface area (Å²) >= 11 is 0. The van der Waals surface area contributed by atoms with Gasteiger partial charge < -0.3 is 14.4 Å². The van der Waals surface area contributed by atoms with Gasteiger partial charge in [0.2, 0.25) is 11.8 Å². The zero-order valence-electron chi connectivity index (χ0n) is 15.5. The molecule has 25 heavy (non-hydrogen) atoms. The number of carbonyl (C=O) groups is 2. The Hall–Kier alpha value is -1.92. The summed E-state index contributed by atoms with van der Waals surface area (Å²) in [7, 11) is 1.93. The van der Waals surface area contributed by atoms with Crippen LogP contribution in [0, 0.1) is 5.92 Å². The predicted octanol–water partition coefficient (Wildman–Crippen LogP) is 1.56. The molecular weight excluding hydrogens is 318 g/mol. The molecule has 0 N–H and O–H groups in total. The number of aryl methyl sites for hydroxylation is 1. The topological polar surface area (TPSA) is 71.3 Å². The molecule has 2 aliphatic rings. The Morgan fingerprint density at radius 3 is 2.76 bits per heavy atom. The Bertz CT molecular complexity index is 623. The Labute approximate surface area is 149 Å². The van der Waals surface area contributed by atoms with Crippen molar-refractivity contribution in [2.45, 2.75) is 57.9 Å². The van der Waals surface area contributed by atoms with E-state index in [0.717, 1.165) is 25.1 Å². The van der Waals surface area contributed by atoms with Crippen molar-refractivity contribution in [1.29, 1.82) is 0 Å². The summed E-state index contributed by atoms with van der Waals surface area (Å²) in [5.74, 6) is 2.01. The molecule has 1 aromatic heterocycles. The lowest BCUT2D eigenvalue weighted by molar-refractivity contribution is -0.149. The normalized spacial score (nSPS) is 23.8. The second kappa shape index (κ2) is 7.54. The van der Waals surface area contributed by atoms with Crippen LogP contribution in [-0.4, -0.2) is 62.1 Å². The Kier molecular flexibility index (Phi) is 5.39. The Balaban J connectivity index is 1.63. The highest BCUT2D eigenvalue weighted by atomic mass is 16.2. The molecule has 138 valence electrons. The molecule has 0 aliphatic carbocycles. The first kappa shape index (κ1) is 17.9. The molecule has 2 fully saturated rings. The van der Waals surface area contributed by atoms with E-state index in [1.165, 1.54) is 0 Å². The van der Waals surface area contributed by atoms with Crippen LogP contribution in [0.5, 0.6) is 0 Å². The van der Waals surface area contributed by atoms with Crippen molar-refractivity contribution in [3.8, 4) is 0 Å². The van der Waals surface area contributed by atoms with Crippen molar-refractivity contribution in [2.75, 3.05) is 19.6 Å². The van der Waals surface area contributed by atoms with E-state index in [-0.39, 0.29) is 23.8 Å². The van der Waals surface area contributed by atoms with Gasteiger partial charge in [0, 0.05) is 33.1 Å². The number of amides is 2. The second-order valence-electron chi connectivity index (χ2n) is 7.54. The summed E-state index contributed by atoms with van der Waals surface area (Å²) in [4.78, 5) is 29.2. The maximum atomic E-state index is 13.0. The van der Waals surface area contributed by atoms with Gasteiger partial charge in [0.25, 0.3) is 0 Å². The first-order valence-electron chi connectivity index (χ1n) is 9.43. The van der Waals surface area contributed by atoms with E-state index in [1.54, 1.807) is 6.33 Å². The van der Waals surface area contributed by atoms with Gasteiger partial charge in [-0.15, -0.1) is 10.2 Å². The second-order valence-corrected chi connectivity index (χ2v) is 7.54. The lowest BCUT2D eigenvalue weighted by Crippen LogP contribution is -2.57. The van der Waals surface area contributed by atoms with Crippen LogP contribution in [0.3, 0.4) is 0 Å². The molecule has 2 amide bonds. The standard InChI is InChI=1S/C18H29N5O2/c1-4-15(23-9-8-13(2)6-5-7-16(23)24)18(25)22-10-14(11-22)17-20-19-12-21(17)3/h12-15H,4-11H2,1-3H3/t13-,15+/m1/s1. The molecule has 0 saturated carbocycles. The van der Waals surface area contributed by atoms with Crippen molar-refractivity contribution in [3.63, 3.8) is 0 Å². The smallest absolute Gasteiger partial charge is 0.245 e. The van der Waals surface area contributed by atoms with Gasteiger partial charge in [-0.25, -0.2) is 0 Å². The largest absolute Gasteiger partial charge is 0.339 e. The van der Waals surface area contributed by atoms with Crippen molar-refractivity contribution in [1.82, 2.24) is 24.6 Å². The zero-order valence-corrected chi connectivity index (χ0v) is 15.5. The van der Waals surface area contributed by atoms with Crippen LogP contribution in [0.15, 0.2) is 6.33 Å². The van der Waals surface area contributed by atoms with Gasteiger partial charge in [0.05, 0.1) is 5.92 Å². The fraction of sp³-hybridized carbons (Fsp3) is 0.778. The highest BCUT2D eigenvalue weighted by Gasteiger charge is 2.39. The predicted molar refractivity (Wildman–Crippen MR) is 93.7 cm³/mol. The molecule has 3 heterocycles. The third-order valence-corrected chi connectivity index (χ3v) is 5.62. The molecule has 2 saturated heterocycles. The lowest BCUT2D eigenvalue weighted by atomic mass is 9.94. The molecule has 2 atom stereocenters. The third kappa shape index (κ3) is 3.70. The maximum absolute atomic E-state index is 13.0. The van der Waals surface area contributed by atoms with Gasteiger partial charge in [-0.1, -0.05) is 20.3 Å². The van der Waals surface area contributed by atoms with Gasteiger partial charge in [0.15, 0.2) is 0 Å². The molecule has 7 nitrogen and oxygen atoms in total. The lowest BCUT2D eigenvalue weighted by Gasteiger charge is -2.43. The quantitative estimate of drug-likeness (QED) is 0.829. The van der Waals surface area contributed by atoms with E-state index in [1.807, 2.05) is 28.3 Å². The van der Waals surface area contributed by atoms with E-state index in [4.69, 9.17) is 0 Å². The number of rotatable bonds is 4. The average Bonchev–Trinajstić information content (AvgIpc) is 2.94. The van der Waals surface area contributed by atoms with Crippen LogP contribution in [0.25, 0.3) is 0 Å². The highest BCUT2D eigenvalue weighted by Crippen LogP contribution is 2.28. The molecule has 0 bridgehead atoms. The first-order chi connectivity index (χ1) is 12.0. The summed E-state index contributed by atoms with van der Waals surface area (Å²) in [6.07, 6.45) is 5.94. The number of likely N-dealkylation sites (tertiary alicyclic amines) is 2. The monoisotopic (exact) mass is 347 g/mol. The minimum Gasteiger partial charge on any atom is -0.339 e. The SMILES string of the molecule is CC[C@@H](C(=O)N1CC(c2nncn2C)C1)N1CC[C@H](C)CCCC1=O. The van der Waals surface area contributed by atoms with Gasteiger partial charge >= 0.3 is 0 Å². The summed E-state index contributed by atoms with van der Waals surface area (Å²) in [5, 5.41) is 8.05. The highest BCUT2D eigenvalue weighted by molar-refractivity contribution is 5.88. The number of carbonyl (C=O) groups excluding carboxylic acids is 2. The van der Waals surface area contributed by atoms with Crippen LogP contribution in [0.1, 0.15) is 57.7 Å². The van der Waals surface area contributed by atoms with Crippen molar-refractivity contribution < 1.29 is 9.59 Å². The van der Waals surface area contributed by atoms with Crippen LogP contribution in [0.2, 0.25) is 0 Å². The number of aromatic nitrogens is 3. The molecule has 0 unspecified atom stereocenters. The molecule has 1 aromatic rings. The van der Waals surface area contributed by atoms with E-state index >= 15 is 0 Å². The summed E-state index contributed by atoms with van der Waals surface area (Å²) in [6.45, 7) is 6.26. The fourth-order valence-corrected chi connectivity index (χ4v) is 3.93. The van der Waals surface area contributed by atoms with Crippen molar-refractivity contribution >= 4 is 11.8 Å². The van der Waals surface area contributed by atoms with Gasteiger partial charge in [0.1, 0.15) is 18.2 Å². The van der Waals surface area contributed by atoms with Crippen LogP contribution < -0.4 is 0 Å². The molecule has 7 heteroatoms. The molecule has 0 aromatic carbocycles.